The van der Waals surface area contributed by atoms with Crippen LogP contribution in [0.3, 0.4) is 0 Å². The van der Waals surface area contributed by atoms with Crippen molar-refractivity contribution in [2.45, 2.75) is 6.42 Å². The van der Waals surface area contributed by atoms with Crippen LogP contribution in [0.2, 0.25) is 0 Å². The molecule has 2 aromatic rings. The summed E-state index contributed by atoms with van der Waals surface area (Å²) in [5, 5.41) is 6.24. The Labute approximate surface area is 126 Å². The molecule has 1 aromatic heterocycles. The molecule has 0 fully saturated rings. The van der Waals surface area contributed by atoms with Crippen molar-refractivity contribution in [3.8, 4) is 11.3 Å². The molecule has 0 saturated carbocycles. The average molecular weight is 305 g/mol. The molecule has 0 spiro atoms. The fraction of sp³-hybridized carbons (Fsp3) is 0.267. The third-order valence-corrected chi connectivity index (χ3v) is 3.01. The number of rotatable bonds is 5. The van der Waals surface area contributed by atoms with Crippen LogP contribution >= 0.6 is 0 Å². The van der Waals surface area contributed by atoms with Gasteiger partial charge >= 0.3 is 0 Å². The fourth-order valence-corrected chi connectivity index (χ4v) is 1.77. The minimum Gasteiger partial charge on any atom is -0.350 e. The second-order valence-electron chi connectivity index (χ2n) is 4.85. The Hall–Kier alpha value is -2.70. The van der Waals surface area contributed by atoms with Crippen LogP contribution in [0.25, 0.3) is 11.3 Å². The number of halogens is 1. The number of nitrogens with zero attached hydrogens (tertiary/aromatic N) is 2. The van der Waals surface area contributed by atoms with E-state index >= 15 is 0 Å². The van der Waals surface area contributed by atoms with E-state index in [1.165, 1.54) is 17.0 Å². The molecule has 0 aliphatic carbocycles. The van der Waals surface area contributed by atoms with E-state index < -0.39 is 11.7 Å². The van der Waals surface area contributed by atoms with Crippen molar-refractivity contribution in [1.82, 2.24) is 15.4 Å². The molecule has 0 radical (unpaired) electrons. The first-order chi connectivity index (χ1) is 10.5. The Kier molecular flexibility index (Phi) is 4.88. The lowest BCUT2D eigenvalue weighted by Gasteiger charge is -2.09. The first-order valence-electron chi connectivity index (χ1n) is 6.69. The molecule has 2 rings (SSSR count). The zero-order chi connectivity index (χ0) is 16.1. The van der Waals surface area contributed by atoms with Gasteiger partial charge in [-0.25, -0.2) is 4.39 Å². The maximum atomic E-state index is 13.6. The Morgan fingerprint density at radius 3 is 2.73 bits per heavy atom. The fourth-order valence-electron chi connectivity index (χ4n) is 1.77. The van der Waals surface area contributed by atoms with Gasteiger partial charge in [0.15, 0.2) is 0 Å². The summed E-state index contributed by atoms with van der Waals surface area (Å²) in [7, 11) is 3.28. The second-order valence-corrected chi connectivity index (χ2v) is 4.85. The zero-order valence-electron chi connectivity index (χ0n) is 12.3. The van der Waals surface area contributed by atoms with Gasteiger partial charge in [-0.15, -0.1) is 0 Å². The average Bonchev–Trinajstić information content (AvgIpc) is 2.97. The molecule has 1 aromatic carbocycles. The maximum absolute atomic E-state index is 13.6. The van der Waals surface area contributed by atoms with Crippen molar-refractivity contribution in [3.05, 3.63) is 41.9 Å². The molecule has 0 saturated heterocycles. The van der Waals surface area contributed by atoms with Gasteiger partial charge in [0.25, 0.3) is 5.91 Å². The summed E-state index contributed by atoms with van der Waals surface area (Å²) in [6.45, 7) is 0.186. The van der Waals surface area contributed by atoms with Crippen molar-refractivity contribution < 1.29 is 18.5 Å². The summed E-state index contributed by atoms with van der Waals surface area (Å²) in [6.07, 6.45) is 0.188. The van der Waals surface area contributed by atoms with Crippen LogP contribution in [-0.4, -0.2) is 42.5 Å². The summed E-state index contributed by atoms with van der Waals surface area (Å²) in [6, 6.07) is 7.44. The molecule has 0 aliphatic rings. The predicted molar refractivity (Wildman–Crippen MR) is 77.5 cm³/mol. The van der Waals surface area contributed by atoms with Crippen LogP contribution in [-0.2, 0) is 4.79 Å². The third kappa shape index (κ3) is 3.69. The van der Waals surface area contributed by atoms with Gasteiger partial charge < -0.3 is 14.7 Å². The molecule has 0 bridgehead atoms. The summed E-state index contributed by atoms with van der Waals surface area (Å²) in [4.78, 5) is 24.7. The Bertz CT molecular complexity index is 682. The number of hydrogen-bond donors (Lipinski definition) is 1. The number of amides is 2. The van der Waals surface area contributed by atoms with Crippen LogP contribution in [0.15, 0.2) is 34.9 Å². The van der Waals surface area contributed by atoms with Crippen LogP contribution in [0.4, 0.5) is 4.39 Å². The van der Waals surface area contributed by atoms with Gasteiger partial charge in [-0.05, 0) is 12.1 Å². The molecule has 116 valence electrons. The molecule has 1 heterocycles. The topological polar surface area (TPSA) is 75.4 Å². The number of aromatic nitrogens is 1. The first kappa shape index (κ1) is 15.7. The molecule has 6 nitrogen and oxygen atoms in total. The number of carbonyl (C=O) groups excluding carboxylic acids is 2. The number of benzene rings is 1. The van der Waals surface area contributed by atoms with Crippen LogP contribution in [0, 0.1) is 5.82 Å². The molecule has 22 heavy (non-hydrogen) atoms. The Morgan fingerprint density at radius 2 is 2.05 bits per heavy atom. The summed E-state index contributed by atoms with van der Waals surface area (Å²) in [5.74, 6) is -1.07. The number of nitrogens with one attached hydrogen (secondary N) is 1. The first-order valence-corrected chi connectivity index (χ1v) is 6.69. The lowest BCUT2D eigenvalue weighted by atomic mass is 10.1. The van der Waals surface area contributed by atoms with E-state index in [9.17, 15) is 14.0 Å². The monoisotopic (exact) mass is 305 g/mol. The quantitative estimate of drug-likeness (QED) is 0.912. The summed E-state index contributed by atoms with van der Waals surface area (Å²) >= 11 is 0. The molecular weight excluding hydrogens is 289 g/mol. The van der Waals surface area contributed by atoms with E-state index in [0.717, 1.165) is 0 Å². The van der Waals surface area contributed by atoms with Gasteiger partial charge in [0.1, 0.15) is 11.5 Å². The highest BCUT2D eigenvalue weighted by molar-refractivity contribution is 5.92. The van der Waals surface area contributed by atoms with Gasteiger partial charge in [-0.2, -0.15) is 0 Å². The van der Waals surface area contributed by atoms with E-state index in [-0.39, 0.29) is 35.9 Å². The second kappa shape index (κ2) is 6.84. The highest BCUT2D eigenvalue weighted by Gasteiger charge is 2.16. The minimum atomic E-state index is -0.498. The highest BCUT2D eigenvalue weighted by atomic mass is 19.1. The normalized spacial score (nSPS) is 10.3. The van der Waals surface area contributed by atoms with E-state index in [0.29, 0.717) is 0 Å². The number of carbonyl (C=O) groups is 2. The minimum absolute atomic E-state index is 0.0319. The van der Waals surface area contributed by atoms with Gasteiger partial charge in [0.05, 0.1) is 0 Å². The van der Waals surface area contributed by atoms with Crippen molar-refractivity contribution in [2.24, 2.45) is 0 Å². The van der Waals surface area contributed by atoms with Crippen molar-refractivity contribution in [1.29, 1.82) is 0 Å². The largest absolute Gasteiger partial charge is 0.350 e. The van der Waals surface area contributed by atoms with Crippen molar-refractivity contribution in [2.75, 3.05) is 20.6 Å². The lowest BCUT2D eigenvalue weighted by molar-refractivity contribution is -0.128. The standard InChI is InChI=1S/C15H16FN3O3/c1-19(2)14(20)7-8-17-15(21)13-9-12(18-22-13)10-5-3-4-6-11(10)16/h3-6,9H,7-8H2,1-2H3,(H,17,21). The van der Waals surface area contributed by atoms with E-state index in [1.807, 2.05) is 0 Å². The smallest absolute Gasteiger partial charge is 0.289 e. The highest BCUT2D eigenvalue weighted by Crippen LogP contribution is 2.21. The lowest BCUT2D eigenvalue weighted by Crippen LogP contribution is -2.29. The van der Waals surface area contributed by atoms with E-state index in [4.69, 9.17) is 4.52 Å². The van der Waals surface area contributed by atoms with Crippen LogP contribution < -0.4 is 5.32 Å². The van der Waals surface area contributed by atoms with Gasteiger partial charge in [-0.3, -0.25) is 9.59 Å². The molecule has 7 heteroatoms. The molecule has 0 aliphatic heterocycles. The van der Waals surface area contributed by atoms with Gasteiger partial charge in [0.2, 0.25) is 11.7 Å². The maximum Gasteiger partial charge on any atom is 0.289 e. The van der Waals surface area contributed by atoms with Crippen molar-refractivity contribution >= 4 is 11.8 Å². The molecule has 1 N–H and O–H groups in total. The van der Waals surface area contributed by atoms with Crippen LogP contribution in [0.5, 0.6) is 0 Å². The molecular formula is C15H16FN3O3. The van der Waals surface area contributed by atoms with Crippen molar-refractivity contribution in [3.63, 3.8) is 0 Å². The third-order valence-electron chi connectivity index (χ3n) is 3.01. The number of hydrogen-bond acceptors (Lipinski definition) is 4. The summed E-state index contributed by atoms with van der Waals surface area (Å²) < 4.78 is 18.5. The molecule has 0 unspecified atom stereocenters. The molecule has 2 amide bonds. The Morgan fingerprint density at radius 1 is 1.32 bits per heavy atom. The molecule has 0 atom stereocenters. The van der Waals surface area contributed by atoms with Gasteiger partial charge in [-0.1, -0.05) is 17.3 Å². The van der Waals surface area contributed by atoms with E-state index in [1.54, 1.807) is 32.3 Å². The van der Waals surface area contributed by atoms with Gasteiger partial charge in [0, 0.05) is 38.7 Å². The van der Waals surface area contributed by atoms with E-state index in [2.05, 4.69) is 10.5 Å². The Balaban J connectivity index is 1.98. The zero-order valence-corrected chi connectivity index (χ0v) is 12.3. The SMILES string of the molecule is CN(C)C(=O)CCNC(=O)c1cc(-c2ccccc2F)no1. The predicted octanol–water partition coefficient (Wildman–Crippen LogP) is 1.69. The van der Waals surface area contributed by atoms with Crippen LogP contribution in [0.1, 0.15) is 17.0 Å². The summed E-state index contributed by atoms with van der Waals surface area (Å²) in [5.41, 5.74) is 0.501.